The highest BCUT2D eigenvalue weighted by atomic mass is 32.1. The van der Waals surface area contributed by atoms with Crippen molar-refractivity contribution in [3.8, 4) is 27.8 Å². The standard InChI is InChI=1S/C20H20N2O4S/c1-23-16-10-14(11-17(24-2)19(16)25-3)18(22-26-4)15-12-27-20(21-15)13-8-6-5-7-9-13/h5-12H,1-4H3. The van der Waals surface area contributed by atoms with Gasteiger partial charge in [-0.2, -0.15) is 0 Å². The van der Waals surface area contributed by atoms with Gasteiger partial charge in [0.2, 0.25) is 5.75 Å². The van der Waals surface area contributed by atoms with Crippen molar-refractivity contribution in [3.63, 3.8) is 0 Å². The first-order valence-electron chi connectivity index (χ1n) is 8.14. The lowest BCUT2D eigenvalue weighted by atomic mass is 10.1. The molecular weight excluding hydrogens is 364 g/mol. The molecule has 0 bridgehead atoms. The second kappa shape index (κ2) is 8.55. The van der Waals surface area contributed by atoms with E-state index in [1.807, 2.05) is 47.8 Å². The summed E-state index contributed by atoms with van der Waals surface area (Å²) in [7, 11) is 6.22. The molecule has 2 aromatic carbocycles. The first-order chi connectivity index (χ1) is 13.2. The van der Waals surface area contributed by atoms with Crippen LogP contribution in [0.25, 0.3) is 10.6 Å². The number of nitrogens with zero attached hydrogens (tertiary/aromatic N) is 2. The van der Waals surface area contributed by atoms with Gasteiger partial charge < -0.3 is 19.0 Å². The zero-order valence-corrected chi connectivity index (χ0v) is 16.4. The maximum absolute atomic E-state index is 5.44. The van der Waals surface area contributed by atoms with Crippen LogP contribution in [0.5, 0.6) is 17.2 Å². The Morgan fingerprint density at radius 2 is 1.59 bits per heavy atom. The largest absolute Gasteiger partial charge is 0.493 e. The molecule has 0 N–H and O–H groups in total. The van der Waals surface area contributed by atoms with Crippen LogP contribution in [0.15, 0.2) is 53.0 Å². The molecule has 140 valence electrons. The Labute approximate surface area is 162 Å². The van der Waals surface area contributed by atoms with Crippen LogP contribution in [0.2, 0.25) is 0 Å². The van der Waals surface area contributed by atoms with Crippen LogP contribution in [0.1, 0.15) is 11.3 Å². The van der Waals surface area contributed by atoms with Crippen LogP contribution < -0.4 is 14.2 Å². The van der Waals surface area contributed by atoms with E-state index < -0.39 is 0 Å². The molecule has 0 aliphatic carbocycles. The summed E-state index contributed by atoms with van der Waals surface area (Å²) in [5.41, 5.74) is 3.08. The van der Waals surface area contributed by atoms with Gasteiger partial charge in [-0.25, -0.2) is 4.98 Å². The molecule has 7 heteroatoms. The molecule has 0 fully saturated rings. The molecule has 1 heterocycles. The monoisotopic (exact) mass is 384 g/mol. The number of hydrogen-bond acceptors (Lipinski definition) is 7. The van der Waals surface area contributed by atoms with Crippen molar-refractivity contribution in [3.05, 3.63) is 59.1 Å². The average Bonchev–Trinajstić information content (AvgIpc) is 3.21. The average molecular weight is 384 g/mol. The van der Waals surface area contributed by atoms with E-state index in [-0.39, 0.29) is 0 Å². The van der Waals surface area contributed by atoms with Gasteiger partial charge in [-0.1, -0.05) is 35.5 Å². The van der Waals surface area contributed by atoms with Crippen molar-refractivity contribution in [1.29, 1.82) is 0 Å². The van der Waals surface area contributed by atoms with E-state index in [1.165, 1.54) is 7.11 Å². The third-order valence-electron chi connectivity index (χ3n) is 3.89. The Hall–Kier alpha value is -3.06. The Morgan fingerprint density at radius 3 is 2.15 bits per heavy atom. The molecule has 0 amide bonds. The molecule has 0 radical (unpaired) electrons. The number of hydrogen-bond donors (Lipinski definition) is 0. The van der Waals surface area contributed by atoms with Crippen LogP contribution in [0.4, 0.5) is 0 Å². The Balaban J connectivity index is 2.07. The van der Waals surface area contributed by atoms with Crippen molar-refractivity contribution in [2.24, 2.45) is 5.16 Å². The molecule has 6 nitrogen and oxygen atoms in total. The van der Waals surface area contributed by atoms with Gasteiger partial charge in [-0.15, -0.1) is 11.3 Å². The third kappa shape index (κ3) is 3.88. The fourth-order valence-electron chi connectivity index (χ4n) is 2.65. The lowest BCUT2D eigenvalue weighted by molar-refractivity contribution is 0.214. The zero-order valence-electron chi connectivity index (χ0n) is 15.6. The summed E-state index contributed by atoms with van der Waals surface area (Å²) in [5.74, 6) is 1.59. The van der Waals surface area contributed by atoms with Crippen molar-refractivity contribution in [2.45, 2.75) is 0 Å². The number of methoxy groups -OCH3 is 3. The lowest BCUT2D eigenvalue weighted by Gasteiger charge is -2.14. The van der Waals surface area contributed by atoms with Crippen molar-refractivity contribution < 1.29 is 19.0 Å². The Bertz CT molecular complexity index is 913. The predicted molar refractivity (Wildman–Crippen MR) is 106 cm³/mol. The summed E-state index contributed by atoms with van der Waals surface area (Å²) in [6, 6.07) is 13.6. The summed E-state index contributed by atoms with van der Waals surface area (Å²) in [5, 5.41) is 7.04. The molecule has 0 saturated carbocycles. The minimum Gasteiger partial charge on any atom is -0.493 e. The van der Waals surface area contributed by atoms with Gasteiger partial charge in [0, 0.05) is 16.5 Å². The van der Waals surface area contributed by atoms with Crippen LogP contribution in [-0.2, 0) is 4.84 Å². The van der Waals surface area contributed by atoms with Gasteiger partial charge in [0.05, 0.1) is 21.3 Å². The van der Waals surface area contributed by atoms with E-state index in [0.717, 1.165) is 16.1 Å². The third-order valence-corrected chi connectivity index (χ3v) is 4.78. The molecule has 27 heavy (non-hydrogen) atoms. The summed E-state index contributed by atoms with van der Waals surface area (Å²) < 4.78 is 16.3. The first kappa shape index (κ1) is 18.7. The van der Waals surface area contributed by atoms with Gasteiger partial charge in [0.15, 0.2) is 11.5 Å². The van der Waals surface area contributed by atoms with E-state index in [9.17, 15) is 0 Å². The SMILES string of the molecule is CON=C(c1cc(OC)c(OC)c(OC)c1)c1csc(-c2ccccc2)n1. The van der Waals surface area contributed by atoms with Crippen LogP contribution >= 0.6 is 11.3 Å². The maximum Gasteiger partial charge on any atom is 0.203 e. The number of ether oxygens (including phenoxy) is 3. The Kier molecular flexibility index (Phi) is 5.93. The second-order valence-electron chi connectivity index (χ2n) is 5.44. The molecule has 0 aliphatic heterocycles. The van der Waals surface area contributed by atoms with Crippen molar-refractivity contribution >= 4 is 17.0 Å². The quantitative estimate of drug-likeness (QED) is 0.450. The van der Waals surface area contributed by atoms with Gasteiger partial charge in [-0.05, 0) is 12.1 Å². The van der Waals surface area contributed by atoms with Gasteiger partial charge in [-0.3, -0.25) is 0 Å². The molecule has 0 atom stereocenters. The molecule has 1 aromatic heterocycles. The number of thiazole rings is 1. The minimum atomic E-state index is 0.517. The smallest absolute Gasteiger partial charge is 0.203 e. The predicted octanol–water partition coefficient (Wildman–Crippen LogP) is 4.23. The van der Waals surface area contributed by atoms with Crippen LogP contribution in [0.3, 0.4) is 0 Å². The number of benzene rings is 2. The van der Waals surface area contributed by atoms with Crippen molar-refractivity contribution in [1.82, 2.24) is 4.98 Å². The lowest BCUT2D eigenvalue weighted by Crippen LogP contribution is -2.07. The van der Waals surface area contributed by atoms with Crippen molar-refractivity contribution in [2.75, 3.05) is 28.4 Å². The minimum absolute atomic E-state index is 0.517. The van der Waals surface area contributed by atoms with Gasteiger partial charge in [0.25, 0.3) is 0 Å². The molecular formula is C20H20N2O4S. The van der Waals surface area contributed by atoms with Crippen LogP contribution in [0, 0.1) is 0 Å². The summed E-state index contributed by atoms with van der Waals surface area (Å²) in [4.78, 5) is 9.80. The number of oxime groups is 1. The second-order valence-corrected chi connectivity index (χ2v) is 6.30. The molecule has 0 unspecified atom stereocenters. The first-order valence-corrected chi connectivity index (χ1v) is 9.02. The highest BCUT2D eigenvalue weighted by Crippen LogP contribution is 2.39. The fraction of sp³-hybridized carbons (Fsp3) is 0.200. The highest BCUT2D eigenvalue weighted by molar-refractivity contribution is 7.13. The molecule has 0 aliphatic rings. The zero-order chi connectivity index (χ0) is 19.2. The van der Waals surface area contributed by atoms with Crippen LogP contribution in [-0.4, -0.2) is 39.1 Å². The van der Waals surface area contributed by atoms with E-state index in [4.69, 9.17) is 24.0 Å². The number of aromatic nitrogens is 1. The summed E-state index contributed by atoms with van der Waals surface area (Å²) in [6.45, 7) is 0. The molecule has 0 saturated heterocycles. The van der Waals surface area contributed by atoms with E-state index in [2.05, 4.69) is 5.16 Å². The summed E-state index contributed by atoms with van der Waals surface area (Å²) >= 11 is 1.54. The Morgan fingerprint density at radius 1 is 0.926 bits per heavy atom. The molecule has 0 spiro atoms. The molecule has 3 aromatic rings. The van der Waals surface area contributed by atoms with E-state index in [0.29, 0.717) is 28.7 Å². The van der Waals surface area contributed by atoms with Gasteiger partial charge >= 0.3 is 0 Å². The normalized spacial score (nSPS) is 11.2. The van der Waals surface area contributed by atoms with Gasteiger partial charge in [0.1, 0.15) is 23.5 Å². The van der Waals surface area contributed by atoms with E-state index >= 15 is 0 Å². The van der Waals surface area contributed by atoms with E-state index in [1.54, 1.807) is 32.7 Å². The molecule has 3 rings (SSSR count). The maximum atomic E-state index is 5.44. The topological polar surface area (TPSA) is 62.2 Å². The summed E-state index contributed by atoms with van der Waals surface area (Å²) in [6.07, 6.45) is 0. The number of rotatable bonds is 7. The fourth-order valence-corrected chi connectivity index (χ4v) is 3.46. The highest BCUT2D eigenvalue weighted by Gasteiger charge is 2.19.